The zero-order chi connectivity index (χ0) is 36.4. The maximum absolute atomic E-state index is 13.8. The second-order valence-electron chi connectivity index (χ2n) is 9.49. The summed E-state index contributed by atoms with van der Waals surface area (Å²) in [7, 11) is -21.6. The number of benzene rings is 4. The second kappa shape index (κ2) is 18.2. The van der Waals surface area contributed by atoms with Crippen LogP contribution >= 0.6 is 11.6 Å². The summed E-state index contributed by atoms with van der Waals surface area (Å²) in [5, 5.41) is 32.7. The first kappa shape index (κ1) is 50.2. The molecule has 5 aromatic rings. The third-order valence-electron chi connectivity index (χ3n) is 6.37. The van der Waals surface area contributed by atoms with Crippen molar-refractivity contribution in [1.82, 2.24) is 15.0 Å². The number of aromatic nitrogens is 3. The first-order valence-corrected chi connectivity index (χ1v) is 18.4. The van der Waals surface area contributed by atoms with Crippen molar-refractivity contribution in [2.24, 2.45) is 10.2 Å². The van der Waals surface area contributed by atoms with E-state index in [4.69, 9.17) is 17.3 Å². The van der Waals surface area contributed by atoms with Gasteiger partial charge in [0.05, 0.1) is 21.2 Å². The van der Waals surface area contributed by atoms with E-state index in [1.165, 1.54) is 0 Å². The number of nitrogens with zero attached hydrogens (tertiary/aromatic N) is 5. The molecule has 1 heterocycles. The number of fused-ring (bicyclic) bond motifs is 2. The first-order valence-electron chi connectivity index (χ1n) is 12.3. The third kappa shape index (κ3) is 11.0. The Labute approximate surface area is 392 Å². The van der Waals surface area contributed by atoms with Crippen molar-refractivity contribution in [3.8, 4) is 11.5 Å². The molecule has 1 aromatic heterocycles. The van der Waals surface area contributed by atoms with Crippen LogP contribution in [-0.4, -0.2) is 66.8 Å². The number of rotatable bonds is 8. The van der Waals surface area contributed by atoms with Gasteiger partial charge in [0.15, 0.2) is 0 Å². The Bertz CT molecular complexity index is 2750. The Morgan fingerprint density at radius 1 is 0.717 bits per heavy atom. The van der Waals surface area contributed by atoms with Crippen molar-refractivity contribution < 1.29 is 180 Å². The first-order chi connectivity index (χ1) is 22.5. The smallest absolute Gasteiger partial charge is 0.871 e. The van der Waals surface area contributed by atoms with Crippen molar-refractivity contribution in [3.63, 3.8) is 0 Å². The van der Waals surface area contributed by atoms with E-state index in [9.17, 15) is 62.1 Å². The van der Waals surface area contributed by atoms with Gasteiger partial charge in [-0.05, 0) is 58.1 Å². The molecule has 0 aliphatic rings. The molecule has 0 aliphatic carbocycles. The normalized spacial score (nSPS) is 12.0. The molecule has 21 nitrogen and oxygen atoms in total. The van der Waals surface area contributed by atoms with Gasteiger partial charge >= 0.3 is 118 Å². The van der Waals surface area contributed by atoms with Crippen LogP contribution in [-0.2, 0) is 40.5 Å². The fraction of sp³-hybridized carbons (Fsp3) is 0. The SMILES string of the molecule is Nc1nc(Cl)nc(Nc2cc(S(=O)(=O)[O-])cc3cc(S(=O)(=O)O)c(N=Nc4cc(S(=O)(=O)O)c5cccc(S(=O)(=O)[O-])c5c4[O-])c([O-])c23)n1.[Na+].[Na+].[Na+].[Na+]. The Morgan fingerprint density at radius 3 is 1.85 bits per heavy atom. The molecule has 0 radical (unpaired) electrons. The van der Waals surface area contributed by atoms with E-state index in [2.05, 4.69) is 30.5 Å². The molecule has 0 aliphatic heterocycles. The number of azo groups is 1. The molecule has 53 heavy (non-hydrogen) atoms. The standard InChI is InChI=1S/C23H16ClN7O14S4.4Na/c24-21-27-22(25)29-23(28-21)26-11-6-9(46(34,35)36)4-8-5-15(49(43,44)45)18(20(33)16(8)11)31-30-12-7-14(48(40,41)42)10-2-1-3-13(47(37,38)39)17(10)19(12)32;;;;/h1-7,32-33H,(H,34,35,36)(H,37,38,39)(H,40,41,42)(H,43,44,45)(H3,25,26,27,28,29);;;;/q;4*+1/p-4. The molecule has 0 saturated heterocycles. The van der Waals surface area contributed by atoms with Crippen molar-refractivity contribution >= 4 is 103 Å². The number of halogens is 1. The average Bonchev–Trinajstić information content (AvgIpc) is 2.94. The summed E-state index contributed by atoms with van der Waals surface area (Å²) in [6.45, 7) is 0. The number of nitrogens with two attached hydrogens (primary N) is 1. The fourth-order valence-electron chi connectivity index (χ4n) is 4.49. The number of hydrogen-bond acceptors (Lipinski definition) is 19. The quantitative estimate of drug-likeness (QED) is 0.0639. The molecule has 30 heteroatoms. The molecular formula is C23H12ClN7Na4O14S4. The Hall–Kier alpha value is -0.860. The van der Waals surface area contributed by atoms with Crippen LogP contribution in [0.4, 0.5) is 29.0 Å². The van der Waals surface area contributed by atoms with Crippen LogP contribution in [0.25, 0.3) is 21.5 Å². The number of anilines is 3. The summed E-state index contributed by atoms with van der Waals surface area (Å²) >= 11 is 5.75. The van der Waals surface area contributed by atoms with E-state index in [-0.39, 0.29) is 118 Å². The molecule has 0 unspecified atom stereocenters. The number of hydrogen-bond donors (Lipinski definition) is 4. The Kier molecular flexibility index (Phi) is 17.2. The average molecular weight is 866 g/mol. The van der Waals surface area contributed by atoms with Gasteiger partial charge in [-0.2, -0.15) is 36.9 Å². The van der Waals surface area contributed by atoms with Crippen molar-refractivity contribution in [3.05, 3.63) is 47.7 Å². The number of nitrogen functional groups attached to an aromatic ring is 1. The molecule has 0 saturated carbocycles. The fourth-order valence-corrected chi connectivity index (χ4v) is 7.25. The van der Waals surface area contributed by atoms with Gasteiger partial charge in [-0.1, -0.05) is 23.6 Å². The molecule has 0 spiro atoms. The second-order valence-corrected chi connectivity index (χ2v) is 15.3. The van der Waals surface area contributed by atoms with Crippen molar-refractivity contribution in [2.75, 3.05) is 11.1 Å². The maximum atomic E-state index is 13.8. The van der Waals surface area contributed by atoms with Gasteiger partial charge in [0.2, 0.25) is 17.2 Å². The van der Waals surface area contributed by atoms with Gasteiger partial charge in [0.1, 0.15) is 30.0 Å². The molecule has 4 aromatic carbocycles. The van der Waals surface area contributed by atoms with Crippen LogP contribution in [0.3, 0.4) is 0 Å². The minimum atomic E-state index is -5.49. The van der Waals surface area contributed by atoms with Crippen LogP contribution in [0, 0.1) is 0 Å². The van der Waals surface area contributed by atoms with Gasteiger partial charge in [-0.25, -0.2) is 16.8 Å². The largest absolute Gasteiger partial charge is 1.00 e. The molecule has 0 amide bonds. The predicted molar refractivity (Wildman–Crippen MR) is 159 cm³/mol. The minimum absolute atomic E-state index is 0. The molecule has 0 fully saturated rings. The molecule has 258 valence electrons. The van der Waals surface area contributed by atoms with E-state index < -0.39 is 127 Å². The molecular weight excluding hydrogens is 854 g/mol. The van der Waals surface area contributed by atoms with Crippen LogP contribution in [0.5, 0.6) is 11.5 Å². The summed E-state index contributed by atoms with van der Waals surface area (Å²) in [5.74, 6) is -3.97. The van der Waals surface area contributed by atoms with E-state index >= 15 is 0 Å². The number of nitrogens with one attached hydrogen (secondary N) is 1. The van der Waals surface area contributed by atoms with Gasteiger partial charge < -0.3 is 30.4 Å². The molecule has 5 rings (SSSR count). The van der Waals surface area contributed by atoms with E-state index in [1.807, 2.05) is 0 Å². The molecule has 0 bridgehead atoms. The van der Waals surface area contributed by atoms with Gasteiger partial charge in [0.25, 0.3) is 20.2 Å². The van der Waals surface area contributed by atoms with E-state index in [0.29, 0.717) is 30.3 Å². The summed E-state index contributed by atoms with van der Waals surface area (Å²) in [6, 6.07) is 4.45. The zero-order valence-electron chi connectivity index (χ0n) is 27.2. The van der Waals surface area contributed by atoms with Crippen LogP contribution < -0.4 is 139 Å². The van der Waals surface area contributed by atoms with Crippen LogP contribution in [0.2, 0.25) is 5.28 Å². The topological polar surface area (TPSA) is 371 Å². The van der Waals surface area contributed by atoms with Crippen LogP contribution in [0.1, 0.15) is 0 Å². The molecule has 5 N–H and O–H groups in total. The summed E-state index contributed by atoms with van der Waals surface area (Å²) in [5.41, 5.74) is 2.45. The van der Waals surface area contributed by atoms with E-state index in [1.54, 1.807) is 0 Å². The van der Waals surface area contributed by atoms with Gasteiger partial charge in [-0.3, -0.25) is 9.11 Å². The van der Waals surface area contributed by atoms with Crippen LogP contribution in [0.15, 0.2) is 72.3 Å². The van der Waals surface area contributed by atoms with Gasteiger partial charge in [-0.15, -0.1) is 5.11 Å². The van der Waals surface area contributed by atoms with Crippen molar-refractivity contribution in [2.45, 2.75) is 19.6 Å². The molecule has 0 atom stereocenters. The van der Waals surface area contributed by atoms with Gasteiger partial charge in [0, 0.05) is 11.1 Å². The summed E-state index contributed by atoms with van der Waals surface area (Å²) < 4.78 is 140. The zero-order valence-corrected chi connectivity index (χ0v) is 39.2. The summed E-state index contributed by atoms with van der Waals surface area (Å²) in [4.78, 5) is 6.08. The van der Waals surface area contributed by atoms with Crippen molar-refractivity contribution in [1.29, 1.82) is 0 Å². The monoisotopic (exact) mass is 865 g/mol. The minimum Gasteiger partial charge on any atom is -0.871 e. The third-order valence-corrected chi connectivity index (χ3v) is 9.99. The Morgan fingerprint density at radius 2 is 1.32 bits per heavy atom. The van der Waals surface area contributed by atoms with E-state index in [0.717, 1.165) is 12.1 Å². The predicted octanol–water partition coefficient (Wildman–Crippen LogP) is -11.0. The summed E-state index contributed by atoms with van der Waals surface area (Å²) in [6.07, 6.45) is 0. The maximum Gasteiger partial charge on any atom is 1.00 e. The Balaban J connectivity index is 0.00000351.